The summed E-state index contributed by atoms with van der Waals surface area (Å²) < 4.78 is 39.4. The van der Waals surface area contributed by atoms with Crippen molar-refractivity contribution in [2.24, 2.45) is 11.8 Å². The van der Waals surface area contributed by atoms with Crippen molar-refractivity contribution in [2.45, 2.75) is 63.0 Å². The monoisotopic (exact) mass is 587 g/mol. The number of carbonyl (C=O) groups excluding carboxylic acids is 2. The molecule has 3 atom stereocenters. The van der Waals surface area contributed by atoms with Gasteiger partial charge < -0.3 is 24.8 Å². The molecule has 2 amide bonds. The van der Waals surface area contributed by atoms with Crippen molar-refractivity contribution in [1.29, 1.82) is 0 Å². The lowest BCUT2D eigenvalue weighted by Gasteiger charge is -2.38. The Morgan fingerprint density at radius 1 is 1.17 bits per heavy atom. The van der Waals surface area contributed by atoms with Crippen LogP contribution >= 0.6 is 0 Å². The number of fused-ring (bicyclic) bond motifs is 1. The van der Waals surface area contributed by atoms with Crippen LogP contribution in [-0.2, 0) is 14.8 Å². The van der Waals surface area contributed by atoms with Gasteiger partial charge in [0.2, 0.25) is 15.9 Å². The molecule has 0 unspecified atom stereocenters. The van der Waals surface area contributed by atoms with Crippen molar-refractivity contribution in [2.75, 3.05) is 39.2 Å². The largest absolute Gasteiger partial charge is 0.497 e. The molecule has 1 saturated carbocycles. The highest BCUT2D eigenvalue weighted by molar-refractivity contribution is 7.89. The molecule has 2 aromatic carbocycles. The maximum Gasteiger partial charge on any atom is 0.258 e. The fourth-order valence-corrected chi connectivity index (χ4v) is 6.59. The number of rotatable bonds is 9. The normalized spacial score (nSPS) is 20.9. The van der Waals surface area contributed by atoms with Crippen LogP contribution in [-0.4, -0.2) is 80.5 Å². The van der Waals surface area contributed by atoms with Gasteiger partial charge in [0, 0.05) is 31.1 Å². The summed E-state index contributed by atoms with van der Waals surface area (Å²) in [4.78, 5) is 28.3. The third-order valence-corrected chi connectivity index (χ3v) is 9.95. The Bertz CT molecular complexity index is 1330. The molecule has 0 bridgehead atoms. The van der Waals surface area contributed by atoms with Crippen LogP contribution in [0.5, 0.6) is 11.5 Å². The van der Waals surface area contributed by atoms with Crippen molar-refractivity contribution in [3.8, 4) is 11.5 Å². The summed E-state index contributed by atoms with van der Waals surface area (Å²) in [6.07, 6.45) is 4.32. The van der Waals surface area contributed by atoms with E-state index in [2.05, 4.69) is 5.32 Å². The summed E-state index contributed by atoms with van der Waals surface area (Å²) >= 11 is 0. The SMILES string of the molecule is COc1ccc(S(=O)(=O)N(C)C[C@H]2Oc3ccc(NC(=O)C4CCCCC4)cc3C(=O)N([C@H](C)CO)C[C@@H]2C)cc1. The number of anilines is 1. The lowest BCUT2D eigenvalue weighted by atomic mass is 9.88. The van der Waals surface area contributed by atoms with E-state index in [1.165, 1.54) is 30.6 Å². The van der Waals surface area contributed by atoms with Crippen LogP contribution in [0.25, 0.3) is 0 Å². The number of carbonyl (C=O) groups is 2. The molecule has 1 heterocycles. The summed E-state index contributed by atoms with van der Waals surface area (Å²) in [7, 11) is -0.819. The second-order valence-corrected chi connectivity index (χ2v) is 13.2. The number of nitrogens with zero attached hydrogens (tertiary/aromatic N) is 2. The zero-order valence-corrected chi connectivity index (χ0v) is 25.0. The second-order valence-electron chi connectivity index (χ2n) is 11.1. The topological polar surface area (TPSA) is 125 Å². The Labute approximate surface area is 242 Å². The third-order valence-electron chi connectivity index (χ3n) is 8.11. The number of hydrogen-bond donors (Lipinski definition) is 2. The Morgan fingerprint density at radius 2 is 1.85 bits per heavy atom. The van der Waals surface area contributed by atoms with Gasteiger partial charge in [-0.2, -0.15) is 4.31 Å². The van der Waals surface area contributed by atoms with Gasteiger partial charge in [-0.25, -0.2) is 8.42 Å². The molecule has 0 spiro atoms. The first-order valence-electron chi connectivity index (χ1n) is 14.2. The van der Waals surface area contributed by atoms with E-state index in [1.54, 1.807) is 42.2 Å². The Balaban J connectivity index is 1.61. The van der Waals surface area contributed by atoms with Gasteiger partial charge in [-0.3, -0.25) is 9.59 Å². The number of ether oxygens (including phenoxy) is 2. The highest BCUT2D eigenvalue weighted by atomic mass is 32.2. The van der Waals surface area contributed by atoms with Gasteiger partial charge in [-0.15, -0.1) is 0 Å². The average molecular weight is 588 g/mol. The van der Waals surface area contributed by atoms with Crippen molar-refractivity contribution in [3.63, 3.8) is 0 Å². The summed E-state index contributed by atoms with van der Waals surface area (Å²) in [6, 6.07) is 10.7. The van der Waals surface area contributed by atoms with E-state index in [-0.39, 0.29) is 53.8 Å². The molecule has 2 aromatic rings. The van der Waals surface area contributed by atoms with E-state index in [1.807, 2.05) is 6.92 Å². The lowest BCUT2D eigenvalue weighted by molar-refractivity contribution is -0.120. The first kappa shape index (κ1) is 30.8. The molecule has 4 rings (SSSR count). The van der Waals surface area contributed by atoms with E-state index in [9.17, 15) is 23.1 Å². The van der Waals surface area contributed by atoms with Crippen LogP contribution in [0.2, 0.25) is 0 Å². The number of nitrogens with one attached hydrogen (secondary N) is 1. The van der Waals surface area contributed by atoms with Gasteiger partial charge in [0.1, 0.15) is 17.6 Å². The van der Waals surface area contributed by atoms with Crippen molar-refractivity contribution in [1.82, 2.24) is 9.21 Å². The number of aliphatic hydroxyl groups excluding tert-OH is 1. The highest BCUT2D eigenvalue weighted by Gasteiger charge is 2.35. The maximum absolute atomic E-state index is 13.7. The van der Waals surface area contributed by atoms with Crippen LogP contribution < -0.4 is 14.8 Å². The molecule has 1 aliphatic carbocycles. The second kappa shape index (κ2) is 13.2. The van der Waals surface area contributed by atoms with Crippen LogP contribution in [0, 0.1) is 11.8 Å². The minimum absolute atomic E-state index is 0.0324. The molecule has 0 aromatic heterocycles. The van der Waals surface area contributed by atoms with E-state index in [4.69, 9.17) is 9.47 Å². The number of aliphatic hydroxyl groups is 1. The minimum Gasteiger partial charge on any atom is -0.497 e. The molecule has 1 aliphatic heterocycles. The Morgan fingerprint density at radius 3 is 2.49 bits per heavy atom. The van der Waals surface area contributed by atoms with Gasteiger partial charge in [0.15, 0.2) is 0 Å². The molecule has 0 radical (unpaired) electrons. The number of hydrogen-bond acceptors (Lipinski definition) is 7. The smallest absolute Gasteiger partial charge is 0.258 e. The van der Waals surface area contributed by atoms with Crippen molar-refractivity contribution < 1.29 is 32.6 Å². The van der Waals surface area contributed by atoms with Gasteiger partial charge in [-0.05, 0) is 62.2 Å². The number of benzene rings is 2. The Hall–Kier alpha value is -3.15. The third kappa shape index (κ3) is 7.02. The fraction of sp³-hybridized carbons (Fsp3) is 0.533. The summed E-state index contributed by atoms with van der Waals surface area (Å²) in [5.41, 5.74) is 0.751. The van der Waals surface area contributed by atoms with E-state index < -0.39 is 22.2 Å². The molecule has 1 fully saturated rings. The van der Waals surface area contributed by atoms with Crippen molar-refractivity contribution >= 4 is 27.5 Å². The zero-order chi connectivity index (χ0) is 29.7. The molecule has 11 heteroatoms. The van der Waals surface area contributed by atoms with Gasteiger partial charge in [-0.1, -0.05) is 26.2 Å². The maximum atomic E-state index is 13.7. The molecule has 2 N–H and O–H groups in total. The molecule has 224 valence electrons. The number of likely N-dealkylation sites (N-methyl/N-ethyl adjacent to an activating group) is 1. The summed E-state index contributed by atoms with van der Waals surface area (Å²) in [5, 5.41) is 12.9. The Kier molecular flexibility index (Phi) is 9.93. The van der Waals surface area contributed by atoms with E-state index in [0.717, 1.165) is 32.1 Å². The first-order valence-corrected chi connectivity index (χ1v) is 15.6. The fourth-order valence-electron chi connectivity index (χ4n) is 5.41. The molecular formula is C30H41N3O7S. The minimum atomic E-state index is -3.83. The van der Waals surface area contributed by atoms with Gasteiger partial charge in [0.05, 0.1) is 36.8 Å². The van der Waals surface area contributed by atoms with E-state index >= 15 is 0 Å². The zero-order valence-electron chi connectivity index (χ0n) is 24.2. The number of sulfonamides is 1. The van der Waals surface area contributed by atoms with Gasteiger partial charge in [0.25, 0.3) is 5.91 Å². The van der Waals surface area contributed by atoms with Gasteiger partial charge >= 0.3 is 0 Å². The highest BCUT2D eigenvalue weighted by Crippen LogP contribution is 2.32. The standard InChI is InChI=1S/C30H41N3O7S/c1-20-17-33(21(2)19-34)30(36)26-16-23(31-29(35)22-8-6-5-7-9-22)10-15-27(26)40-28(20)18-32(3)41(37,38)25-13-11-24(39-4)12-14-25/h10-16,20-22,28,34H,5-9,17-19H2,1-4H3,(H,31,35)/t20-,21+,28+/m0/s1. The molecule has 0 saturated heterocycles. The van der Waals surface area contributed by atoms with Crippen molar-refractivity contribution in [3.05, 3.63) is 48.0 Å². The lowest BCUT2D eigenvalue weighted by Crippen LogP contribution is -2.50. The van der Waals surface area contributed by atoms with Crippen LogP contribution in [0.3, 0.4) is 0 Å². The van der Waals surface area contributed by atoms with Crippen LogP contribution in [0.15, 0.2) is 47.4 Å². The number of amides is 2. The molecular weight excluding hydrogens is 546 g/mol. The van der Waals surface area contributed by atoms with Crippen LogP contribution in [0.1, 0.15) is 56.3 Å². The molecule has 41 heavy (non-hydrogen) atoms. The first-order chi connectivity index (χ1) is 19.5. The summed E-state index contributed by atoms with van der Waals surface area (Å²) in [5.74, 6) is 0.170. The predicted octanol–water partition coefficient (Wildman–Crippen LogP) is 3.75. The molecule has 2 aliphatic rings. The summed E-state index contributed by atoms with van der Waals surface area (Å²) in [6.45, 7) is 3.71. The van der Waals surface area contributed by atoms with Crippen LogP contribution in [0.4, 0.5) is 5.69 Å². The van der Waals surface area contributed by atoms with E-state index in [0.29, 0.717) is 17.2 Å². The quantitative estimate of drug-likeness (QED) is 0.458. The average Bonchev–Trinajstić information content (AvgIpc) is 2.99. The number of methoxy groups -OCH3 is 1. The predicted molar refractivity (Wildman–Crippen MR) is 156 cm³/mol. The molecule has 10 nitrogen and oxygen atoms in total.